The molecule has 4 rings (SSSR count). The van der Waals surface area contributed by atoms with Crippen LogP contribution < -0.4 is 0 Å². The molecular formula is C30H50O7. The van der Waals surface area contributed by atoms with E-state index in [0.717, 1.165) is 90.3 Å². The SMILES string of the molecule is CCCCC[C@@H](C=C[C@@H]1[C@H]2CC(CCCCC(=O)O)O[C@@H]2C[C@H]1OC1CCCCO1)OC1CCCCO1. The molecule has 1 aliphatic carbocycles. The van der Waals surface area contributed by atoms with Gasteiger partial charge in [-0.1, -0.05) is 44.8 Å². The van der Waals surface area contributed by atoms with Gasteiger partial charge in [0, 0.05) is 32.0 Å². The summed E-state index contributed by atoms with van der Waals surface area (Å²) < 4.78 is 31.3. The van der Waals surface area contributed by atoms with Crippen molar-refractivity contribution in [3.05, 3.63) is 12.2 Å². The monoisotopic (exact) mass is 522 g/mol. The van der Waals surface area contributed by atoms with Gasteiger partial charge in [0.15, 0.2) is 12.6 Å². The second-order valence-corrected chi connectivity index (χ2v) is 11.5. The van der Waals surface area contributed by atoms with Crippen LogP contribution in [0.4, 0.5) is 0 Å². The van der Waals surface area contributed by atoms with Gasteiger partial charge in [-0.25, -0.2) is 0 Å². The van der Waals surface area contributed by atoms with Crippen LogP contribution in [0.25, 0.3) is 0 Å². The number of rotatable bonds is 15. The van der Waals surface area contributed by atoms with E-state index < -0.39 is 5.97 Å². The quantitative estimate of drug-likeness (QED) is 0.197. The van der Waals surface area contributed by atoms with Crippen molar-refractivity contribution in [2.24, 2.45) is 11.8 Å². The van der Waals surface area contributed by atoms with E-state index in [0.29, 0.717) is 5.92 Å². The third kappa shape index (κ3) is 9.31. The van der Waals surface area contributed by atoms with Gasteiger partial charge in [-0.3, -0.25) is 4.79 Å². The zero-order valence-corrected chi connectivity index (χ0v) is 22.9. The number of unbranched alkanes of at least 4 members (excludes halogenated alkanes) is 3. The highest BCUT2D eigenvalue weighted by molar-refractivity contribution is 5.66. The minimum Gasteiger partial charge on any atom is -0.481 e. The van der Waals surface area contributed by atoms with E-state index in [2.05, 4.69) is 19.1 Å². The van der Waals surface area contributed by atoms with E-state index in [9.17, 15) is 4.79 Å². The number of hydrogen-bond donors (Lipinski definition) is 1. The second kappa shape index (κ2) is 15.6. The predicted molar refractivity (Wildman–Crippen MR) is 141 cm³/mol. The molecule has 212 valence electrons. The molecule has 3 aliphatic heterocycles. The van der Waals surface area contributed by atoms with Gasteiger partial charge in [0.05, 0.1) is 24.4 Å². The molecular weight excluding hydrogens is 472 g/mol. The summed E-state index contributed by atoms with van der Waals surface area (Å²) in [5, 5.41) is 8.93. The van der Waals surface area contributed by atoms with Crippen LogP contribution in [0.1, 0.15) is 110 Å². The molecule has 0 amide bonds. The first kappa shape index (κ1) is 29.0. The summed E-state index contributed by atoms with van der Waals surface area (Å²) in [6.07, 6.45) is 20.9. The van der Waals surface area contributed by atoms with Gasteiger partial charge >= 0.3 is 5.97 Å². The van der Waals surface area contributed by atoms with Gasteiger partial charge < -0.3 is 28.8 Å². The second-order valence-electron chi connectivity index (χ2n) is 11.5. The fourth-order valence-electron chi connectivity index (χ4n) is 6.49. The first-order chi connectivity index (χ1) is 18.1. The Labute approximate surface area is 223 Å². The highest BCUT2D eigenvalue weighted by Gasteiger charge is 2.49. The molecule has 0 radical (unpaired) electrons. The van der Waals surface area contributed by atoms with Crippen LogP contribution in [-0.2, 0) is 28.5 Å². The van der Waals surface area contributed by atoms with Crippen molar-refractivity contribution in [1.82, 2.24) is 0 Å². The smallest absolute Gasteiger partial charge is 0.303 e. The number of carbonyl (C=O) groups is 1. The number of fused-ring (bicyclic) bond motifs is 1. The topological polar surface area (TPSA) is 83.5 Å². The van der Waals surface area contributed by atoms with Gasteiger partial charge in [0.1, 0.15) is 0 Å². The van der Waals surface area contributed by atoms with Gasteiger partial charge in [-0.15, -0.1) is 0 Å². The maximum absolute atomic E-state index is 10.9. The number of ether oxygens (including phenoxy) is 5. The molecule has 0 aromatic rings. The average molecular weight is 523 g/mol. The Morgan fingerprint density at radius 2 is 1.78 bits per heavy atom. The van der Waals surface area contributed by atoms with Crippen LogP contribution in [0, 0.1) is 11.8 Å². The molecule has 0 spiro atoms. The number of aliphatic carboxylic acids is 1. The molecule has 1 N–H and O–H groups in total. The first-order valence-corrected chi connectivity index (χ1v) is 15.2. The Balaban J connectivity index is 1.39. The zero-order chi connectivity index (χ0) is 25.9. The Kier molecular flexibility index (Phi) is 12.2. The highest BCUT2D eigenvalue weighted by Crippen LogP contribution is 2.47. The van der Waals surface area contributed by atoms with Crippen molar-refractivity contribution in [3.63, 3.8) is 0 Å². The van der Waals surface area contributed by atoms with Gasteiger partial charge in [-0.05, 0) is 70.1 Å². The van der Waals surface area contributed by atoms with Crippen molar-refractivity contribution in [3.8, 4) is 0 Å². The lowest BCUT2D eigenvalue weighted by Gasteiger charge is -2.30. The summed E-state index contributed by atoms with van der Waals surface area (Å²) in [5.74, 6) is -0.00528. The third-order valence-electron chi connectivity index (χ3n) is 8.50. The van der Waals surface area contributed by atoms with E-state index >= 15 is 0 Å². The van der Waals surface area contributed by atoms with Crippen LogP contribution in [0.2, 0.25) is 0 Å². The van der Waals surface area contributed by atoms with Crippen LogP contribution in [0.5, 0.6) is 0 Å². The van der Waals surface area contributed by atoms with E-state index in [4.69, 9.17) is 28.8 Å². The van der Waals surface area contributed by atoms with E-state index in [1.807, 2.05) is 0 Å². The summed E-state index contributed by atoms with van der Waals surface area (Å²) in [6.45, 7) is 3.82. The first-order valence-electron chi connectivity index (χ1n) is 15.2. The lowest BCUT2D eigenvalue weighted by atomic mass is 9.88. The lowest BCUT2D eigenvalue weighted by molar-refractivity contribution is -0.194. The molecule has 1 saturated carbocycles. The van der Waals surface area contributed by atoms with Crippen LogP contribution in [0.3, 0.4) is 0 Å². The average Bonchev–Trinajstić information content (AvgIpc) is 3.43. The molecule has 7 nitrogen and oxygen atoms in total. The molecule has 3 unspecified atom stereocenters. The fourth-order valence-corrected chi connectivity index (χ4v) is 6.49. The third-order valence-corrected chi connectivity index (χ3v) is 8.50. The number of carboxylic acid groups (broad SMARTS) is 1. The molecule has 4 fully saturated rings. The standard InChI is InChI=1S/C30H50O7/c1-2-3-4-11-22(36-29-14-7-9-18-33-29)16-17-24-25-20-23(12-5-6-13-28(31)32)35-27(25)21-26(24)37-30-15-8-10-19-34-30/h16-17,22-27,29-30H,2-15,18-21H2,1H3,(H,31,32)/t22-,23?,24+,25+,26+,27+,29?,30?/m0/s1. The van der Waals surface area contributed by atoms with E-state index in [1.54, 1.807) is 0 Å². The van der Waals surface area contributed by atoms with Gasteiger partial charge in [0.25, 0.3) is 0 Å². The Morgan fingerprint density at radius 3 is 2.49 bits per heavy atom. The Hall–Kier alpha value is -0.990. The Bertz CT molecular complexity index is 685. The molecule has 4 aliphatic rings. The summed E-state index contributed by atoms with van der Waals surface area (Å²) in [5.41, 5.74) is 0. The molecule has 37 heavy (non-hydrogen) atoms. The summed E-state index contributed by atoms with van der Waals surface area (Å²) >= 11 is 0. The molecule has 7 heteroatoms. The number of hydrogen-bond acceptors (Lipinski definition) is 6. The minimum absolute atomic E-state index is 0.0643. The largest absolute Gasteiger partial charge is 0.481 e. The molecule has 8 atom stereocenters. The maximum atomic E-state index is 10.9. The summed E-state index contributed by atoms with van der Waals surface area (Å²) in [6, 6.07) is 0. The Morgan fingerprint density at radius 1 is 1.00 bits per heavy atom. The van der Waals surface area contributed by atoms with Crippen molar-refractivity contribution in [2.75, 3.05) is 13.2 Å². The van der Waals surface area contributed by atoms with Crippen LogP contribution in [-0.4, -0.2) is 61.3 Å². The summed E-state index contributed by atoms with van der Waals surface area (Å²) in [7, 11) is 0. The molecule has 3 heterocycles. The number of carboxylic acids is 1. The summed E-state index contributed by atoms with van der Waals surface area (Å²) in [4.78, 5) is 10.9. The van der Waals surface area contributed by atoms with Crippen molar-refractivity contribution in [2.45, 2.75) is 147 Å². The predicted octanol–water partition coefficient (Wildman–Crippen LogP) is 6.39. The minimum atomic E-state index is -0.714. The molecule has 0 aromatic heterocycles. The van der Waals surface area contributed by atoms with E-state index in [1.165, 1.54) is 19.3 Å². The zero-order valence-electron chi connectivity index (χ0n) is 22.9. The molecule has 3 saturated heterocycles. The maximum Gasteiger partial charge on any atom is 0.303 e. The van der Waals surface area contributed by atoms with Gasteiger partial charge in [0.2, 0.25) is 0 Å². The normalized spacial score (nSPS) is 35.1. The highest BCUT2D eigenvalue weighted by atomic mass is 16.7. The van der Waals surface area contributed by atoms with Crippen molar-refractivity contribution >= 4 is 5.97 Å². The van der Waals surface area contributed by atoms with Crippen molar-refractivity contribution in [1.29, 1.82) is 0 Å². The van der Waals surface area contributed by atoms with Gasteiger partial charge in [-0.2, -0.15) is 0 Å². The lowest BCUT2D eigenvalue weighted by Crippen LogP contribution is -2.31. The van der Waals surface area contributed by atoms with Crippen LogP contribution in [0.15, 0.2) is 12.2 Å². The van der Waals surface area contributed by atoms with Crippen LogP contribution >= 0.6 is 0 Å². The van der Waals surface area contributed by atoms with E-state index in [-0.39, 0.29) is 49.3 Å². The fraction of sp³-hybridized carbons (Fsp3) is 0.900. The molecule has 0 aromatic carbocycles. The molecule has 0 bridgehead atoms. The van der Waals surface area contributed by atoms with Crippen molar-refractivity contribution < 1.29 is 33.6 Å².